The molecule has 0 spiro atoms. The first kappa shape index (κ1) is 24.4. The second-order valence-electron chi connectivity index (χ2n) is 12.0. The van der Waals surface area contributed by atoms with Gasteiger partial charge in [0.05, 0.1) is 5.58 Å². The molecule has 4 aromatic rings. The summed E-state index contributed by atoms with van der Waals surface area (Å²) in [6.45, 7) is 16.8. The van der Waals surface area contributed by atoms with Crippen LogP contribution >= 0.6 is 0 Å². The summed E-state index contributed by atoms with van der Waals surface area (Å²) in [6, 6.07) is 18.7. The Labute approximate surface area is 212 Å². The summed E-state index contributed by atoms with van der Waals surface area (Å²) in [7, 11) is -1.58. The molecule has 175 valence electrons. The van der Waals surface area contributed by atoms with E-state index in [0.717, 1.165) is 22.4 Å². The van der Waals surface area contributed by atoms with E-state index in [4.69, 9.17) is 9.40 Å². The third kappa shape index (κ3) is 4.05. The van der Waals surface area contributed by atoms with Gasteiger partial charge in [-0.25, -0.2) is 0 Å². The topological polar surface area (TPSA) is 26.0 Å². The van der Waals surface area contributed by atoms with E-state index in [9.17, 15) is 0 Å². The smallest absolute Gasteiger partial charge is 0.120 e. The van der Waals surface area contributed by atoms with Crippen molar-refractivity contribution in [3.05, 3.63) is 60.3 Å². The van der Waals surface area contributed by atoms with Crippen LogP contribution in [0.5, 0.6) is 0 Å². The van der Waals surface area contributed by atoms with Crippen LogP contribution in [0, 0.1) is 16.9 Å². The molecule has 1 saturated carbocycles. The normalized spacial score (nSPS) is 18.0. The molecule has 1 aliphatic rings. The minimum atomic E-state index is -1.58. The van der Waals surface area contributed by atoms with Gasteiger partial charge in [0.1, 0.15) is 5.58 Å². The van der Waals surface area contributed by atoms with Crippen molar-refractivity contribution in [2.45, 2.75) is 66.1 Å². The average Bonchev–Trinajstić information content (AvgIpc) is 3.20. The first-order valence-corrected chi connectivity index (χ1v) is 15.3. The van der Waals surface area contributed by atoms with Gasteiger partial charge in [0.15, 0.2) is 0 Å². The minimum Gasteiger partial charge on any atom is -0.501 e. The second kappa shape index (κ2) is 8.18. The number of furan rings is 1. The van der Waals surface area contributed by atoms with Gasteiger partial charge in [-0.2, -0.15) is 0 Å². The molecular weight excluding hydrogens is 599 g/mol. The SMILES string of the molecule is CC1(C)CC(c2ccnc(-c3[c-]cc([Si](C)(C)C)c4c3oc3ccccc34)c2)CC1(C)C.[Ir]. The molecule has 0 saturated heterocycles. The van der Waals surface area contributed by atoms with E-state index in [0.29, 0.717) is 16.7 Å². The zero-order chi connectivity index (χ0) is 22.9. The van der Waals surface area contributed by atoms with Gasteiger partial charge in [-0.1, -0.05) is 88.1 Å². The first-order valence-electron chi connectivity index (χ1n) is 11.8. The number of fused-ring (bicyclic) bond motifs is 3. The molecule has 33 heavy (non-hydrogen) atoms. The summed E-state index contributed by atoms with van der Waals surface area (Å²) < 4.78 is 6.46. The maximum atomic E-state index is 6.46. The molecule has 5 rings (SSSR count). The van der Waals surface area contributed by atoms with Crippen LogP contribution in [0.3, 0.4) is 0 Å². The number of nitrogens with zero attached hydrogens (tertiary/aromatic N) is 1. The van der Waals surface area contributed by atoms with Crippen molar-refractivity contribution >= 4 is 35.2 Å². The third-order valence-electron chi connectivity index (χ3n) is 8.12. The Kier molecular flexibility index (Phi) is 6.05. The number of pyridine rings is 1. The molecule has 2 aromatic carbocycles. The van der Waals surface area contributed by atoms with Crippen LogP contribution in [0.1, 0.15) is 52.0 Å². The monoisotopic (exact) mass is 633 g/mol. The molecule has 4 heteroatoms. The summed E-state index contributed by atoms with van der Waals surface area (Å²) in [5.41, 5.74) is 5.88. The fourth-order valence-corrected chi connectivity index (χ4v) is 6.99. The van der Waals surface area contributed by atoms with Crippen LogP contribution in [-0.2, 0) is 20.1 Å². The number of aromatic nitrogens is 1. The van der Waals surface area contributed by atoms with Gasteiger partial charge >= 0.3 is 0 Å². The Morgan fingerprint density at radius 1 is 1.00 bits per heavy atom. The maximum absolute atomic E-state index is 6.46. The van der Waals surface area contributed by atoms with E-state index in [1.807, 2.05) is 12.3 Å². The number of hydrogen-bond acceptors (Lipinski definition) is 2. The maximum Gasteiger partial charge on any atom is 0.120 e. The Balaban J connectivity index is 0.00000259. The first-order chi connectivity index (χ1) is 15.0. The summed E-state index contributed by atoms with van der Waals surface area (Å²) in [4.78, 5) is 4.79. The molecule has 2 heterocycles. The molecule has 0 atom stereocenters. The van der Waals surface area contributed by atoms with E-state index in [2.05, 4.69) is 89.8 Å². The predicted octanol–water partition coefficient (Wildman–Crippen LogP) is 7.92. The van der Waals surface area contributed by atoms with Crippen molar-refractivity contribution in [3.63, 3.8) is 0 Å². The molecule has 0 bridgehead atoms. The van der Waals surface area contributed by atoms with E-state index >= 15 is 0 Å². The predicted molar refractivity (Wildman–Crippen MR) is 138 cm³/mol. The van der Waals surface area contributed by atoms with Gasteiger partial charge < -0.3 is 9.40 Å². The molecule has 1 fully saturated rings. The average molecular weight is 633 g/mol. The van der Waals surface area contributed by atoms with Gasteiger partial charge in [-0.05, 0) is 47.4 Å². The molecule has 2 nitrogen and oxygen atoms in total. The Hall–Kier alpha value is -1.74. The fraction of sp³-hybridized carbons (Fsp3) is 0.414. The Morgan fingerprint density at radius 3 is 2.33 bits per heavy atom. The summed E-state index contributed by atoms with van der Waals surface area (Å²) in [5, 5.41) is 3.85. The molecule has 0 unspecified atom stereocenters. The quantitative estimate of drug-likeness (QED) is 0.169. The zero-order valence-corrected chi connectivity index (χ0v) is 24.2. The molecular formula is C29H34IrNOSi-. The largest absolute Gasteiger partial charge is 0.501 e. The molecule has 0 amide bonds. The van der Waals surface area contributed by atoms with Crippen molar-refractivity contribution in [2.24, 2.45) is 10.8 Å². The van der Waals surface area contributed by atoms with Crippen LogP contribution in [0.4, 0.5) is 0 Å². The number of hydrogen-bond donors (Lipinski definition) is 0. The van der Waals surface area contributed by atoms with Gasteiger partial charge in [-0.15, -0.1) is 17.3 Å². The number of rotatable bonds is 3. The van der Waals surface area contributed by atoms with Crippen molar-refractivity contribution in [2.75, 3.05) is 0 Å². The minimum absolute atomic E-state index is 0. The summed E-state index contributed by atoms with van der Waals surface area (Å²) >= 11 is 0. The van der Waals surface area contributed by atoms with Crippen molar-refractivity contribution in [1.82, 2.24) is 4.98 Å². The molecule has 1 radical (unpaired) electrons. The van der Waals surface area contributed by atoms with Crippen LogP contribution in [0.15, 0.2) is 53.1 Å². The summed E-state index contributed by atoms with van der Waals surface area (Å²) in [6.07, 6.45) is 4.39. The van der Waals surface area contributed by atoms with E-state index < -0.39 is 8.07 Å². The van der Waals surface area contributed by atoms with Crippen LogP contribution in [0.25, 0.3) is 33.2 Å². The molecule has 0 N–H and O–H groups in total. The second-order valence-corrected chi connectivity index (χ2v) is 17.0. The van der Waals surface area contributed by atoms with E-state index in [-0.39, 0.29) is 20.1 Å². The van der Waals surface area contributed by atoms with Crippen LogP contribution < -0.4 is 5.19 Å². The van der Waals surface area contributed by atoms with Crippen LogP contribution in [0.2, 0.25) is 19.6 Å². The Morgan fingerprint density at radius 2 is 1.67 bits per heavy atom. The zero-order valence-electron chi connectivity index (χ0n) is 20.8. The van der Waals surface area contributed by atoms with Crippen molar-refractivity contribution < 1.29 is 24.5 Å². The van der Waals surface area contributed by atoms with Crippen LogP contribution in [-0.4, -0.2) is 13.1 Å². The number of benzene rings is 2. The standard InChI is InChI=1S/C29H34NOSi.Ir/c1-28(2)17-20(18-29(28,3)4)19-14-15-30-23(16-19)21-12-13-25(32(5,6)7)26-22-10-8-9-11-24(22)31-27(21)26;/h8-11,13-16,20H,17-18H2,1-7H3;/q-1;. The fourth-order valence-electron chi connectivity index (χ4n) is 5.48. The Bertz CT molecular complexity index is 1310. The van der Waals surface area contributed by atoms with Gasteiger partial charge in [0, 0.05) is 39.8 Å². The molecule has 2 aromatic heterocycles. The van der Waals surface area contributed by atoms with E-state index in [1.165, 1.54) is 34.4 Å². The number of para-hydroxylation sites is 1. The molecule has 0 aliphatic heterocycles. The third-order valence-corrected chi connectivity index (χ3v) is 10.1. The van der Waals surface area contributed by atoms with Crippen molar-refractivity contribution in [3.8, 4) is 11.3 Å². The molecule has 1 aliphatic carbocycles. The summed E-state index contributed by atoms with van der Waals surface area (Å²) in [5.74, 6) is 0.564. The van der Waals surface area contributed by atoms with Gasteiger partial charge in [0.25, 0.3) is 0 Å². The van der Waals surface area contributed by atoms with Gasteiger partial charge in [-0.3, -0.25) is 0 Å². The van der Waals surface area contributed by atoms with Crippen molar-refractivity contribution in [1.29, 1.82) is 0 Å². The van der Waals surface area contributed by atoms with E-state index in [1.54, 1.807) is 0 Å². The van der Waals surface area contributed by atoms with Gasteiger partial charge in [0.2, 0.25) is 0 Å².